The molecule has 0 amide bonds. The third-order valence-corrected chi connectivity index (χ3v) is 4.09. The molecular formula is C20H24N2O4. The molecule has 0 aliphatic carbocycles. The van der Waals surface area contributed by atoms with E-state index >= 15 is 0 Å². The smallest absolute Gasteiger partial charge is 0.202 e. The lowest BCUT2D eigenvalue weighted by atomic mass is 10.0. The molecule has 1 heterocycles. The standard InChI is InChI=1S/C20H24N2O4/c1-4-24-17-9-7-15(11-18(17)25-5-2)20-21-19(22-26-20)16-8-6-14(12-23)10-13(16)3/h6-11,20,23H,4-5,12H2,1-3H3,(H,21,22). The monoisotopic (exact) mass is 356 g/mol. The third kappa shape index (κ3) is 3.81. The van der Waals surface area contributed by atoms with Crippen LogP contribution in [0.2, 0.25) is 0 Å². The van der Waals surface area contributed by atoms with E-state index in [0.29, 0.717) is 30.5 Å². The second kappa shape index (κ2) is 8.21. The zero-order chi connectivity index (χ0) is 18.5. The van der Waals surface area contributed by atoms with Crippen molar-refractivity contribution < 1.29 is 19.4 Å². The van der Waals surface area contributed by atoms with Crippen LogP contribution in [0.4, 0.5) is 0 Å². The van der Waals surface area contributed by atoms with Gasteiger partial charge in [-0.15, -0.1) is 0 Å². The zero-order valence-electron chi connectivity index (χ0n) is 15.3. The number of hydrogen-bond acceptors (Lipinski definition) is 6. The molecule has 3 rings (SSSR count). The molecule has 1 atom stereocenters. The average Bonchev–Trinajstić information content (AvgIpc) is 3.13. The molecule has 1 unspecified atom stereocenters. The van der Waals surface area contributed by atoms with Crippen molar-refractivity contribution in [1.82, 2.24) is 5.48 Å². The summed E-state index contributed by atoms with van der Waals surface area (Å²) in [4.78, 5) is 10.3. The third-order valence-electron chi connectivity index (χ3n) is 4.09. The van der Waals surface area contributed by atoms with E-state index in [1.807, 2.05) is 57.2 Å². The number of aryl methyl sites for hydroxylation is 1. The van der Waals surface area contributed by atoms with Crippen LogP contribution in [0.3, 0.4) is 0 Å². The number of aliphatic imine (C=N–C) groups is 1. The van der Waals surface area contributed by atoms with Crippen LogP contribution in [0.15, 0.2) is 41.4 Å². The normalized spacial score (nSPS) is 16.2. The van der Waals surface area contributed by atoms with Crippen molar-refractivity contribution in [3.63, 3.8) is 0 Å². The fourth-order valence-electron chi connectivity index (χ4n) is 2.86. The molecule has 0 saturated carbocycles. The van der Waals surface area contributed by atoms with Gasteiger partial charge in [0.2, 0.25) is 6.23 Å². The molecule has 2 N–H and O–H groups in total. The first-order valence-electron chi connectivity index (χ1n) is 8.76. The van der Waals surface area contributed by atoms with Gasteiger partial charge in [0.1, 0.15) is 0 Å². The lowest BCUT2D eigenvalue weighted by molar-refractivity contribution is 0.0375. The largest absolute Gasteiger partial charge is 0.490 e. The van der Waals surface area contributed by atoms with Gasteiger partial charge in [0.05, 0.1) is 19.8 Å². The predicted octanol–water partition coefficient (Wildman–Crippen LogP) is 3.26. The summed E-state index contributed by atoms with van der Waals surface area (Å²) in [5.74, 6) is 2.06. The molecule has 0 radical (unpaired) electrons. The topological polar surface area (TPSA) is 72.3 Å². The van der Waals surface area contributed by atoms with Crippen molar-refractivity contribution in [2.75, 3.05) is 13.2 Å². The second-order valence-corrected chi connectivity index (χ2v) is 5.93. The SMILES string of the molecule is CCOc1ccc(C2N=C(c3ccc(CO)cc3C)NO2)cc1OCC. The number of benzene rings is 2. The number of nitrogens with zero attached hydrogens (tertiary/aromatic N) is 1. The van der Waals surface area contributed by atoms with Crippen LogP contribution in [0.25, 0.3) is 0 Å². The number of amidine groups is 1. The van der Waals surface area contributed by atoms with Gasteiger partial charge in [0.25, 0.3) is 0 Å². The Kier molecular flexibility index (Phi) is 5.75. The number of aliphatic hydroxyl groups excluding tert-OH is 1. The Morgan fingerprint density at radius 3 is 2.54 bits per heavy atom. The lowest BCUT2D eigenvalue weighted by Gasteiger charge is -2.13. The van der Waals surface area contributed by atoms with E-state index in [4.69, 9.17) is 14.3 Å². The number of hydroxylamine groups is 1. The Hall–Kier alpha value is -2.57. The van der Waals surface area contributed by atoms with Gasteiger partial charge in [-0.2, -0.15) is 0 Å². The molecule has 1 aliphatic rings. The molecule has 6 nitrogen and oxygen atoms in total. The number of hydrogen-bond donors (Lipinski definition) is 2. The van der Waals surface area contributed by atoms with Crippen molar-refractivity contribution in [3.8, 4) is 11.5 Å². The molecular weight excluding hydrogens is 332 g/mol. The Bertz CT molecular complexity index is 804. The van der Waals surface area contributed by atoms with Crippen LogP contribution in [0, 0.1) is 6.92 Å². The van der Waals surface area contributed by atoms with E-state index in [-0.39, 0.29) is 6.61 Å². The molecule has 2 aromatic rings. The highest BCUT2D eigenvalue weighted by Gasteiger charge is 2.23. The molecule has 0 spiro atoms. The maximum Gasteiger partial charge on any atom is 0.202 e. The molecule has 1 aliphatic heterocycles. The van der Waals surface area contributed by atoms with Gasteiger partial charge in [0.15, 0.2) is 17.3 Å². The van der Waals surface area contributed by atoms with E-state index in [0.717, 1.165) is 22.3 Å². The fourth-order valence-corrected chi connectivity index (χ4v) is 2.86. The van der Waals surface area contributed by atoms with Crippen molar-refractivity contribution in [2.45, 2.75) is 33.6 Å². The fraction of sp³-hybridized carbons (Fsp3) is 0.350. The van der Waals surface area contributed by atoms with Crippen molar-refractivity contribution >= 4 is 5.84 Å². The van der Waals surface area contributed by atoms with Gasteiger partial charge in [-0.05, 0) is 44.0 Å². The summed E-state index contributed by atoms with van der Waals surface area (Å²) in [5.41, 5.74) is 6.62. The highest BCUT2D eigenvalue weighted by molar-refractivity contribution is 6.00. The van der Waals surface area contributed by atoms with Crippen LogP contribution in [-0.4, -0.2) is 24.2 Å². The van der Waals surface area contributed by atoms with Crippen LogP contribution in [0.5, 0.6) is 11.5 Å². The van der Waals surface area contributed by atoms with Crippen LogP contribution >= 0.6 is 0 Å². The minimum atomic E-state index is -0.461. The van der Waals surface area contributed by atoms with Gasteiger partial charge in [0, 0.05) is 11.1 Å². The molecule has 138 valence electrons. The maximum atomic E-state index is 9.25. The molecule has 26 heavy (non-hydrogen) atoms. The quantitative estimate of drug-likeness (QED) is 0.797. The molecule has 0 saturated heterocycles. The summed E-state index contributed by atoms with van der Waals surface area (Å²) in [5, 5.41) is 9.25. The minimum Gasteiger partial charge on any atom is -0.490 e. The van der Waals surface area contributed by atoms with Crippen molar-refractivity contribution in [3.05, 3.63) is 58.7 Å². The number of rotatable bonds is 7. The van der Waals surface area contributed by atoms with E-state index in [1.54, 1.807) is 0 Å². The molecule has 0 aromatic heterocycles. The summed E-state index contributed by atoms with van der Waals surface area (Å²) in [6.45, 7) is 7.01. The summed E-state index contributed by atoms with van der Waals surface area (Å²) in [6, 6.07) is 11.5. The van der Waals surface area contributed by atoms with Crippen LogP contribution < -0.4 is 15.0 Å². The predicted molar refractivity (Wildman–Crippen MR) is 99.4 cm³/mol. The van der Waals surface area contributed by atoms with Gasteiger partial charge < -0.3 is 14.6 Å². The molecule has 0 fully saturated rings. The van der Waals surface area contributed by atoms with Crippen molar-refractivity contribution in [1.29, 1.82) is 0 Å². The first-order chi connectivity index (χ1) is 12.7. The molecule has 2 aromatic carbocycles. The number of nitrogens with one attached hydrogen (secondary N) is 1. The molecule has 0 bridgehead atoms. The summed E-state index contributed by atoms with van der Waals surface area (Å²) in [6.07, 6.45) is -0.461. The Labute approximate surface area is 153 Å². The number of ether oxygens (including phenoxy) is 2. The highest BCUT2D eigenvalue weighted by atomic mass is 16.7. The number of aliphatic hydroxyl groups is 1. The van der Waals surface area contributed by atoms with Crippen molar-refractivity contribution in [2.24, 2.45) is 4.99 Å². The summed E-state index contributed by atoms with van der Waals surface area (Å²) in [7, 11) is 0. The highest BCUT2D eigenvalue weighted by Crippen LogP contribution is 2.33. The molecule has 6 heteroatoms. The Balaban J connectivity index is 1.86. The Morgan fingerprint density at radius 1 is 1.08 bits per heavy atom. The maximum absolute atomic E-state index is 9.25. The van der Waals surface area contributed by atoms with E-state index < -0.39 is 6.23 Å². The second-order valence-electron chi connectivity index (χ2n) is 5.93. The van der Waals surface area contributed by atoms with Gasteiger partial charge in [-0.25, -0.2) is 15.3 Å². The summed E-state index contributed by atoms with van der Waals surface area (Å²) < 4.78 is 11.3. The van der Waals surface area contributed by atoms with Gasteiger partial charge in [-0.1, -0.05) is 24.3 Å². The zero-order valence-corrected chi connectivity index (χ0v) is 15.3. The van der Waals surface area contributed by atoms with Crippen LogP contribution in [-0.2, 0) is 11.4 Å². The minimum absolute atomic E-state index is 0.0204. The van der Waals surface area contributed by atoms with Gasteiger partial charge in [-0.3, -0.25) is 0 Å². The summed E-state index contributed by atoms with van der Waals surface area (Å²) >= 11 is 0. The first kappa shape index (κ1) is 18.2. The lowest BCUT2D eigenvalue weighted by Crippen LogP contribution is -2.19. The van der Waals surface area contributed by atoms with Crippen LogP contribution in [0.1, 0.15) is 42.3 Å². The first-order valence-corrected chi connectivity index (χ1v) is 8.76. The van der Waals surface area contributed by atoms with E-state index in [2.05, 4.69) is 10.5 Å². The average molecular weight is 356 g/mol. The Morgan fingerprint density at radius 2 is 1.85 bits per heavy atom. The van der Waals surface area contributed by atoms with Gasteiger partial charge >= 0.3 is 0 Å². The van der Waals surface area contributed by atoms with E-state index in [9.17, 15) is 5.11 Å². The van der Waals surface area contributed by atoms with E-state index in [1.165, 1.54) is 0 Å².